The Morgan fingerprint density at radius 3 is 2.56 bits per heavy atom. The molecule has 1 aliphatic heterocycles. The summed E-state index contributed by atoms with van der Waals surface area (Å²) >= 11 is 0. The summed E-state index contributed by atoms with van der Waals surface area (Å²) in [5, 5.41) is 0. The molecule has 0 saturated carbocycles. The summed E-state index contributed by atoms with van der Waals surface area (Å²) in [5.74, 6) is -0.0977. The molecular weight excluding hydrogens is 228 g/mol. The molecule has 4 heteroatoms. The van der Waals surface area contributed by atoms with Crippen LogP contribution < -0.4 is 4.90 Å². The standard InChI is InChI=1S/C14H18N2O2/c1-15-7-9-16(10-8-15)13-5-3-2-4-12(13)14(18)6-11-17/h2-5,11H,6-10H2,1H3. The molecular formula is C14H18N2O2. The SMILES string of the molecule is CN1CCN(c2ccccc2C(=O)CC=O)CC1. The highest BCUT2D eigenvalue weighted by molar-refractivity contribution is 6.06. The van der Waals surface area contributed by atoms with Gasteiger partial charge in [-0.2, -0.15) is 0 Å². The molecule has 0 radical (unpaired) electrons. The van der Waals surface area contributed by atoms with Crippen LogP contribution in [-0.4, -0.2) is 50.2 Å². The summed E-state index contributed by atoms with van der Waals surface area (Å²) in [4.78, 5) is 26.9. The largest absolute Gasteiger partial charge is 0.368 e. The van der Waals surface area contributed by atoms with Crippen LogP contribution in [0.2, 0.25) is 0 Å². The topological polar surface area (TPSA) is 40.6 Å². The van der Waals surface area contributed by atoms with E-state index >= 15 is 0 Å². The lowest BCUT2D eigenvalue weighted by molar-refractivity contribution is -0.107. The average Bonchev–Trinajstić information content (AvgIpc) is 2.40. The van der Waals surface area contributed by atoms with Gasteiger partial charge in [-0.05, 0) is 19.2 Å². The van der Waals surface area contributed by atoms with Crippen molar-refractivity contribution in [3.8, 4) is 0 Å². The summed E-state index contributed by atoms with van der Waals surface area (Å²) in [5.41, 5.74) is 1.62. The monoisotopic (exact) mass is 246 g/mol. The minimum Gasteiger partial charge on any atom is -0.368 e. The van der Waals surface area contributed by atoms with E-state index in [1.54, 1.807) is 6.07 Å². The van der Waals surface area contributed by atoms with Crippen LogP contribution in [0, 0.1) is 0 Å². The summed E-state index contributed by atoms with van der Waals surface area (Å²) in [6.45, 7) is 3.83. The van der Waals surface area contributed by atoms with Crippen molar-refractivity contribution in [2.24, 2.45) is 0 Å². The zero-order valence-electron chi connectivity index (χ0n) is 10.6. The molecule has 0 bridgehead atoms. The molecule has 0 aromatic heterocycles. The van der Waals surface area contributed by atoms with E-state index in [0.29, 0.717) is 11.8 Å². The third-order valence-corrected chi connectivity index (χ3v) is 3.32. The van der Waals surface area contributed by atoms with Gasteiger partial charge in [0.25, 0.3) is 0 Å². The number of benzene rings is 1. The van der Waals surface area contributed by atoms with E-state index in [0.717, 1.165) is 31.9 Å². The Hall–Kier alpha value is -1.68. The normalized spacial score (nSPS) is 16.6. The van der Waals surface area contributed by atoms with E-state index in [4.69, 9.17) is 0 Å². The van der Waals surface area contributed by atoms with Crippen LogP contribution in [0.1, 0.15) is 16.8 Å². The van der Waals surface area contributed by atoms with Crippen molar-refractivity contribution in [2.45, 2.75) is 6.42 Å². The van der Waals surface area contributed by atoms with E-state index in [2.05, 4.69) is 16.8 Å². The molecule has 1 heterocycles. The Labute approximate surface area is 107 Å². The molecule has 18 heavy (non-hydrogen) atoms. The van der Waals surface area contributed by atoms with Gasteiger partial charge in [-0.15, -0.1) is 0 Å². The molecule has 1 saturated heterocycles. The van der Waals surface area contributed by atoms with Gasteiger partial charge in [0.2, 0.25) is 0 Å². The molecule has 1 fully saturated rings. The second-order valence-electron chi connectivity index (χ2n) is 4.60. The number of aldehydes is 1. The number of piperazine rings is 1. The first-order chi connectivity index (χ1) is 8.72. The fourth-order valence-electron chi connectivity index (χ4n) is 2.22. The number of carbonyl (C=O) groups excluding carboxylic acids is 2. The number of ketones is 1. The molecule has 0 amide bonds. The molecule has 0 atom stereocenters. The first-order valence-electron chi connectivity index (χ1n) is 6.21. The number of hydrogen-bond acceptors (Lipinski definition) is 4. The van der Waals surface area contributed by atoms with Crippen LogP contribution in [0.5, 0.6) is 0 Å². The minimum absolute atomic E-state index is 0.0369. The lowest BCUT2D eigenvalue weighted by Crippen LogP contribution is -2.45. The third-order valence-electron chi connectivity index (χ3n) is 3.32. The van der Waals surface area contributed by atoms with Crippen LogP contribution >= 0.6 is 0 Å². The number of rotatable bonds is 4. The van der Waals surface area contributed by atoms with Crippen molar-refractivity contribution in [3.05, 3.63) is 29.8 Å². The molecule has 1 aromatic carbocycles. The second kappa shape index (κ2) is 5.78. The maximum absolute atomic E-state index is 11.9. The fraction of sp³-hybridized carbons (Fsp3) is 0.429. The van der Waals surface area contributed by atoms with E-state index in [1.807, 2.05) is 18.2 Å². The summed E-state index contributed by atoms with van der Waals surface area (Å²) in [7, 11) is 2.10. The van der Waals surface area contributed by atoms with Gasteiger partial charge in [-0.25, -0.2) is 0 Å². The van der Waals surface area contributed by atoms with Gasteiger partial charge in [0.1, 0.15) is 6.29 Å². The van der Waals surface area contributed by atoms with Crippen LogP contribution in [0.25, 0.3) is 0 Å². The lowest BCUT2D eigenvalue weighted by Gasteiger charge is -2.34. The first-order valence-corrected chi connectivity index (χ1v) is 6.21. The Morgan fingerprint density at radius 1 is 1.22 bits per heavy atom. The molecule has 0 unspecified atom stereocenters. The molecule has 0 N–H and O–H groups in total. The van der Waals surface area contributed by atoms with Crippen molar-refractivity contribution in [1.82, 2.24) is 4.90 Å². The first kappa shape index (κ1) is 12.8. The van der Waals surface area contributed by atoms with Crippen molar-refractivity contribution in [2.75, 3.05) is 38.1 Å². The lowest BCUT2D eigenvalue weighted by atomic mass is 10.1. The highest BCUT2D eigenvalue weighted by Crippen LogP contribution is 2.22. The van der Waals surface area contributed by atoms with Gasteiger partial charge in [-0.3, -0.25) is 4.79 Å². The smallest absolute Gasteiger partial charge is 0.172 e. The fourth-order valence-corrected chi connectivity index (χ4v) is 2.22. The highest BCUT2D eigenvalue weighted by Gasteiger charge is 2.19. The number of nitrogens with zero attached hydrogens (tertiary/aromatic N) is 2. The number of carbonyl (C=O) groups is 2. The Bertz CT molecular complexity index is 437. The quantitative estimate of drug-likeness (QED) is 0.455. The minimum atomic E-state index is -0.0977. The summed E-state index contributed by atoms with van der Waals surface area (Å²) in [6, 6.07) is 7.55. The van der Waals surface area contributed by atoms with Crippen molar-refractivity contribution < 1.29 is 9.59 Å². The molecule has 2 rings (SSSR count). The molecule has 1 aromatic rings. The molecule has 0 aliphatic carbocycles. The maximum Gasteiger partial charge on any atom is 0.172 e. The predicted octanol–water partition coefficient (Wildman–Crippen LogP) is 1.21. The Morgan fingerprint density at radius 2 is 1.89 bits per heavy atom. The number of likely N-dealkylation sites (N-methyl/N-ethyl adjacent to an activating group) is 1. The van der Waals surface area contributed by atoms with Crippen LogP contribution in [0.15, 0.2) is 24.3 Å². The highest BCUT2D eigenvalue weighted by atomic mass is 16.1. The Balaban J connectivity index is 2.21. The van der Waals surface area contributed by atoms with Crippen LogP contribution in [-0.2, 0) is 4.79 Å². The molecule has 1 aliphatic rings. The van der Waals surface area contributed by atoms with Crippen LogP contribution in [0.3, 0.4) is 0 Å². The number of Topliss-reactive ketones (excluding diaryl/α,β-unsaturated/α-hetero) is 1. The third kappa shape index (κ3) is 2.76. The van der Waals surface area contributed by atoms with E-state index in [1.165, 1.54) is 0 Å². The van der Waals surface area contributed by atoms with Crippen molar-refractivity contribution >= 4 is 17.8 Å². The van der Waals surface area contributed by atoms with Gasteiger partial charge >= 0.3 is 0 Å². The molecule has 4 nitrogen and oxygen atoms in total. The maximum atomic E-state index is 11.9. The average molecular weight is 246 g/mol. The Kier molecular flexibility index (Phi) is 4.10. The van der Waals surface area contributed by atoms with E-state index < -0.39 is 0 Å². The molecule has 96 valence electrons. The zero-order chi connectivity index (χ0) is 13.0. The van der Waals surface area contributed by atoms with Crippen molar-refractivity contribution in [1.29, 1.82) is 0 Å². The summed E-state index contributed by atoms with van der Waals surface area (Å²) < 4.78 is 0. The van der Waals surface area contributed by atoms with E-state index in [9.17, 15) is 9.59 Å². The van der Waals surface area contributed by atoms with Gasteiger partial charge in [0.05, 0.1) is 6.42 Å². The predicted molar refractivity (Wildman–Crippen MR) is 71.2 cm³/mol. The second-order valence-corrected chi connectivity index (χ2v) is 4.60. The number of para-hydroxylation sites is 1. The zero-order valence-corrected chi connectivity index (χ0v) is 10.6. The van der Waals surface area contributed by atoms with Gasteiger partial charge in [0.15, 0.2) is 5.78 Å². The van der Waals surface area contributed by atoms with Gasteiger partial charge in [0, 0.05) is 37.4 Å². The van der Waals surface area contributed by atoms with Gasteiger partial charge < -0.3 is 14.6 Å². The van der Waals surface area contributed by atoms with Gasteiger partial charge in [-0.1, -0.05) is 12.1 Å². The summed E-state index contributed by atoms with van der Waals surface area (Å²) in [6.07, 6.45) is 0.633. The number of anilines is 1. The van der Waals surface area contributed by atoms with Crippen LogP contribution in [0.4, 0.5) is 5.69 Å². The molecule has 0 spiro atoms. The number of hydrogen-bond donors (Lipinski definition) is 0. The van der Waals surface area contributed by atoms with E-state index in [-0.39, 0.29) is 12.2 Å². The van der Waals surface area contributed by atoms with Crippen molar-refractivity contribution in [3.63, 3.8) is 0 Å².